The SMILES string of the molecule is CC(=O)O[C@H]1[C@@H](OCc2ccccc2)[C@H](OCc2ccccc2)[C@@H](COCc2ccccc2)C[C@@H]1N=[N+]=[N-]. The summed E-state index contributed by atoms with van der Waals surface area (Å²) in [6.07, 6.45) is -1.50. The Morgan fingerprint density at radius 3 is 1.79 bits per heavy atom. The highest BCUT2D eigenvalue weighted by molar-refractivity contribution is 5.66. The summed E-state index contributed by atoms with van der Waals surface area (Å²) in [5.74, 6) is -0.632. The van der Waals surface area contributed by atoms with Crippen molar-refractivity contribution >= 4 is 5.97 Å². The summed E-state index contributed by atoms with van der Waals surface area (Å²) in [6.45, 7) is 2.79. The molecule has 8 nitrogen and oxygen atoms in total. The standard InChI is InChI=1S/C30H33N3O5/c1-22(34)38-29-27(32-33-31)17-26(21-35-18-23-11-5-2-6-12-23)28(36-19-24-13-7-3-8-14-24)30(29)37-20-25-15-9-4-10-16-25/h2-16,26-30H,17-21H2,1H3/t26-,27+,28-,29-,30+/m1/s1. The Kier molecular flexibility index (Phi) is 10.3. The minimum Gasteiger partial charge on any atom is -0.459 e. The number of carbonyl (C=O) groups is 1. The molecule has 1 aliphatic rings. The zero-order valence-electron chi connectivity index (χ0n) is 21.5. The molecular weight excluding hydrogens is 482 g/mol. The zero-order valence-corrected chi connectivity index (χ0v) is 21.5. The zero-order chi connectivity index (χ0) is 26.6. The quantitative estimate of drug-likeness (QED) is 0.127. The summed E-state index contributed by atoms with van der Waals surface area (Å²) in [6, 6.07) is 28.9. The maximum atomic E-state index is 12.1. The van der Waals surface area contributed by atoms with Crippen molar-refractivity contribution in [1.82, 2.24) is 0 Å². The van der Waals surface area contributed by atoms with Crippen LogP contribution in [0.3, 0.4) is 0 Å². The summed E-state index contributed by atoms with van der Waals surface area (Å²) >= 11 is 0. The first kappa shape index (κ1) is 27.4. The van der Waals surface area contributed by atoms with E-state index in [2.05, 4.69) is 10.0 Å². The van der Waals surface area contributed by atoms with Crippen LogP contribution in [-0.2, 0) is 43.6 Å². The first-order chi connectivity index (χ1) is 18.6. The number of ether oxygens (including phenoxy) is 4. The minimum absolute atomic E-state index is 0.162. The molecule has 0 spiro atoms. The van der Waals surface area contributed by atoms with E-state index in [0.29, 0.717) is 26.2 Å². The van der Waals surface area contributed by atoms with E-state index in [1.165, 1.54) is 6.92 Å². The number of nitrogens with zero attached hydrogens (tertiary/aromatic N) is 3. The first-order valence-electron chi connectivity index (χ1n) is 12.8. The Hall–Kier alpha value is -3.68. The van der Waals surface area contributed by atoms with E-state index >= 15 is 0 Å². The second-order valence-electron chi connectivity index (χ2n) is 9.37. The summed E-state index contributed by atoms with van der Waals surface area (Å²) < 4.78 is 24.7. The minimum atomic E-state index is -0.793. The van der Waals surface area contributed by atoms with E-state index in [4.69, 9.17) is 18.9 Å². The van der Waals surface area contributed by atoms with Gasteiger partial charge in [-0.25, -0.2) is 0 Å². The lowest BCUT2D eigenvalue weighted by Gasteiger charge is -2.44. The van der Waals surface area contributed by atoms with Gasteiger partial charge in [-0.1, -0.05) is 96.1 Å². The van der Waals surface area contributed by atoms with Crippen LogP contribution in [0.4, 0.5) is 0 Å². The molecule has 1 saturated carbocycles. The Morgan fingerprint density at radius 1 is 0.789 bits per heavy atom. The van der Waals surface area contributed by atoms with Crippen molar-refractivity contribution in [2.24, 2.45) is 11.0 Å². The lowest BCUT2D eigenvalue weighted by atomic mass is 9.79. The molecule has 0 bridgehead atoms. The van der Waals surface area contributed by atoms with E-state index < -0.39 is 30.3 Å². The van der Waals surface area contributed by atoms with Gasteiger partial charge < -0.3 is 18.9 Å². The molecule has 1 fully saturated rings. The smallest absolute Gasteiger partial charge is 0.303 e. The van der Waals surface area contributed by atoms with Crippen LogP contribution in [-0.4, -0.2) is 36.9 Å². The predicted octanol–water partition coefficient (Wildman–Crippen LogP) is 6.00. The second-order valence-corrected chi connectivity index (χ2v) is 9.37. The topological polar surface area (TPSA) is 103 Å². The molecule has 38 heavy (non-hydrogen) atoms. The van der Waals surface area contributed by atoms with Gasteiger partial charge in [-0.3, -0.25) is 4.79 Å². The van der Waals surface area contributed by atoms with E-state index in [1.54, 1.807) is 0 Å². The van der Waals surface area contributed by atoms with Crippen molar-refractivity contribution in [1.29, 1.82) is 0 Å². The van der Waals surface area contributed by atoms with Crippen molar-refractivity contribution in [2.45, 2.75) is 57.5 Å². The van der Waals surface area contributed by atoms with Gasteiger partial charge in [0.1, 0.15) is 12.2 Å². The molecule has 198 valence electrons. The Labute approximate surface area is 223 Å². The van der Waals surface area contributed by atoms with Crippen LogP contribution in [0, 0.1) is 5.92 Å². The van der Waals surface area contributed by atoms with Crippen molar-refractivity contribution in [3.05, 3.63) is 118 Å². The number of hydrogen-bond donors (Lipinski definition) is 0. The highest BCUT2D eigenvalue weighted by Gasteiger charge is 2.48. The molecule has 0 radical (unpaired) electrons. The van der Waals surface area contributed by atoms with Gasteiger partial charge in [-0.2, -0.15) is 0 Å². The van der Waals surface area contributed by atoms with E-state index in [-0.39, 0.29) is 12.5 Å². The third kappa shape index (κ3) is 7.91. The van der Waals surface area contributed by atoms with Gasteiger partial charge in [-0.05, 0) is 28.6 Å². The van der Waals surface area contributed by atoms with Crippen LogP contribution in [0.15, 0.2) is 96.1 Å². The van der Waals surface area contributed by atoms with Gasteiger partial charge >= 0.3 is 5.97 Å². The fraction of sp³-hybridized carbons (Fsp3) is 0.367. The van der Waals surface area contributed by atoms with Gasteiger partial charge in [0.05, 0.1) is 38.6 Å². The normalized spacial score (nSPS) is 22.8. The van der Waals surface area contributed by atoms with Gasteiger partial charge in [0.25, 0.3) is 0 Å². The average molecular weight is 516 g/mol. The molecule has 0 saturated heterocycles. The average Bonchev–Trinajstić information content (AvgIpc) is 2.94. The highest BCUT2D eigenvalue weighted by Crippen LogP contribution is 2.35. The summed E-state index contributed by atoms with van der Waals surface area (Å²) in [4.78, 5) is 15.1. The maximum absolute atomic E-state index is 12.1. The number of esters is 1. The number of carbonyl (C=O) groups excluding carboxylic acids is 1. The third-order valence-electron chi connectivity index (χ3n) is 6.55. The highest BCUT2D eigenvalue weighted by atomic mass is 16.6. The van der Waals surface area contributed by atoms with Crippen LogP contribution < -0.4 is 0 Å². The van der Waals surface area contributed by atoms with Crippen LogP contribution in [0.25, 0.3) is 10.4 Å². The molecule has 4 rings (SSSR count). The Balaban J connectivity index is 1.59. The largest absolute Gasteiger partial charge is 0.459 e. The van der Waals surface area contributed by atoms with Gasteiger partial charge in [0, 0.05) is 17.8 Å². The predicted molar refractivity (Wildman–Crippen MR) is 143 cm³/mol. The monoisotopic (exact) mass is 515 g/mol. The lowest BCUT2D eigenvalue weighted by Crippen LogP contribution is -2.57. The Bertz CT molecular complexity index is 1170. The van der Waals surface area contributed by atoms with Gasteiger partial charge in [0.2, 0.25) is 0 Å². The second kappa shape index (κ2) is 14.3. The van der Waals surface area contributed by atoms with Crippen molar-refractivity contribution in [3.8, 4) is 0 Å². The number of benzene rings is 3. The molecule has 0 unspecified atom stereocenters. The fourth-order valence-electron chi connectivity index (χ4n) is 4.79. The van der Waals surface area contributed by atoms with Crippen molar-refractivity contribution < 1.29 is 23.7 Å². The molecule has 0 heterocycles. The molecule has 0 aliphatic heterocycles. The Morgan fingerprint density at radius 2 is 1.29 bits per heavy atom. The van der Waals surface area contributed by atoms with Crippen LogP contribution >= 0.6 is 0 Å². The van der Waals surface area contributed by atoms with Crippen molar-refractivity contribution in [3.63, 3.8) is 0 Å². The van der Waals surface area contributed by atoms with Crippen LogP contribution in [0.2, 0.25) is 0 Å². The molecule has 5 atom stereocenters. The molecule has 3 aromatic rings. The van der Waals surface area contributed by atoms with Gasteiger partial charge in [0.15, 0.2) is 0 Å². The summed E-state index contributed by atoms with van der Waals surface area (Å²) in [7, 11) is 0. The van der Waals surface area contributed by atoms with Crippen molar-refractivity contribution in [2.75, 3.05) is 6.61 Å². The molecule has 3 aromatic carbocycles. The van der Waals surface area contributed by atoms with E-state index in [9.17, 15) is 10.3 Å². The summed E-state index contributed by atoms with van der Waals surface area (Å²) in [5, 5.41) is 4.00. The number of rotatable bonds is 12. The summed E-state index contributed by atoms with van der Waals surface area (Å²) in [5.41, 5.74) is 12.4. The molecule has 0 amide bonds. The number of hydrogen-bond acceptors (Lipinski definition) is 6. The maximum Gasteiger partial charge on any atom is 0.303 e. The van der Waals surface area contributed by atoms with E-state index in [0.717, 1.165) is 16.7 Å². The lowest BCUT2D eigenvalue weighted by molar-refractivity contribution is -0.200. The molecular formula is C30H33N3O5. The van der Waals surface area contributed by atoms with E-state index in [1.807, 2.05) is 91.0 Å². The van der Waals surface area contributed by atoms with Crippen LogP contribution in [0.5, 0.6) is 0 Å². The third-order valence-corrected chi connectivity index (χ3v) is 6.55. The first-order valence-corrected chi connectivity index (χ1v) is 12.8. The van der Waals surface area contributed by atoms with Crippen LogP contribution in [0.1, 0.15) is 30.0 Å². The fourth-order valence-corrected chi connectivity index (χ4v) is 4.79. The molecule has 0 N–H and O–H groups in total. The molecule has 1 aliphatic carbocycles. The molecule has 0 aromatic heterocycles. The molecule has 8 heteroatoms. The van der Waals surface area contributed by atoms with Gasteiger partial charge in [-0.15, -0.1) is 0 Å². The number of azide groups is 1.